The predicted molar refractivity (Wildman–Crippen MR) is 467 cm³/mol. The summed E-state index contributed by atoms with van der Waals surface area (Å²) in [6, 6.07) is 80.3. The van der Waals surface area contributed by atoms with Gasteiger partial charge < -0.3 is 4.74 Å². The van der Waals surface area contributed by atoms with Gasteiger partial charge in [0.1, 0.15) is 5.75 Å². The number of amides is 5. The number of nitrogens with zero attached hydrogens (tertiary/aromatic N) is 14. The van der Waals surface area contributed by atoms with Crippen molar-refractivity contribution in [3.63, 3.8) is 0 Å². The van der Waals surface area contributed by atoms with E-state index in [-0.39, 0.29) is 68.3 Å². The minimum absolute atomic E-state index is 0.0254. The van der Waals surface area contributed by atoms with Gasteiger partial charge in [0.15, 0.2) is 5.82 Å². The van der Waals surface area contributed by atoms with Crippen molar-refractivity contribution in [2.24, 2.45) is 0 Å². The zero-order valence-corrected chi connectivity index (χ0v) is 69.6. The Morgan fingerprint density at radius 2 is 0.721 bits per heavy atom. The van der Waals surface area contributed by atoms with Crippen molar-refractivity contribution in [3.05, 3.63) is 383 Å². The van der Waals surface area contributed by atoms with E-state index >= 15 is 0 Å². The van der Waals surface area contributed by atoms with E-state index in [9.17, 15) is 67.2 Å². The van der Waals surface area contributed by atoms with Crippen LogP contribution >= 0.6 is 0 Å². The van der Waals surface area contributed by atoms with Crippen molar-refractivity contribution in [2.75, 3.05) is 36.0 Å². The number of sulfonamides is 2. The van der Waals surface area contributed by atoms with Crippen LogP contribution in [0.2, 0.25) is 0 Å². The molecule has 0 saturated heterocycles. The number of aromatic nitrogens is 14. The molecule has 652 valence electrons. The molecular formula is C90H73F6N21O10S2. The Labute approximate surface area is 732 Å². The van der Waals surface area contributed by atoms with Gasteiger partial charge in [0.25, 0.3) is 67.4 Å². The molecule has 39 heteroatoms. The molecule has 31 nitrogen and oxygen atoms in total. The smallest absolute Gasteiger partial charge is 0.406 e. The lowest BCUT2D eigenvalue weighted by atomic mass is 10.1. The van der Waals surface area contributed by atoms with Gasteiger partial charge in [0, 0.05) is 53.5 Å². The van der Waals surface area contributed by atoms with Gasteiger partial charge in [-0.2, -0.15) is 51.8 Å². The van der Waals surface area contributed by atoms with Crippen molar-refractivity contribution in [1.82, 2.24) is 69.0 Å². The number of rotatable bonds is 24. The maximum absolute atomic E-state index is 13.0. The summed E-state index contributed by atoms with van der Waals surface area (Å²) in [5.41, 5.74) is 6.49. The third-order valence-electron chi connectivity index (χ3n) is 18.4. The molecule has 7 N–H and O–H groups in total. The fraction of sp³-hybridized carbons (Fsp3) is 0.0778. The molecule has 0 bridgehead atoms. The highest BCUT2D eigenvalue weighted by molar-refractivity contribution is 7.93. The summed E-state index contributed by atoms with van der Waals surface area (Å²) in [5.74, 6) is -2.45. The Bertz CT molecular complexity index is 6830. The second-order valence-corrected chi connectivity index (χ2v) is 30.9. The van der Waals surface area contributed by atoms with Crippen molar-refractivity contribution in [2.45, 2.75) is 55.9 Å². The molecule has 6 aromatic heterocycles. The normalized spacial score (nSPS) is 11.2. The molecule has 6 heterocycles. The Hall–Kier alpha value is -16.7. The van der Waals surface area contributed by atoms with Crippen LogP contribution in [0.25, 0.3) is 22.7 Å². The van der Waals surface area contributed by atoms with E-state index in [0.29, 0.717) is 51.7 Å². The van der Waals surface area contributed by atoms with Gasteiger partial charge in [0.2, 0.25) is 23.8 Å². The fourth-order valence-corrected chi connectivity index (χ4v) is 14.1. The van der Waals surface area contributed by atoms with Crippen LogP contribution in [0.1, 0.15) is 85.4 Å². The molecule has 0 fully saturated rings. The Morgan fingerprint density at radius 3 is 1.16 bits per heavy atom. The Morgan fingerprint density at radius 1 is 0.341 bits per heavy atom. The number of pyridine rings is 2. The number of nitrogens with one attached hydrogen (secondary N) is 7. The number of ether oxygens (including phenoxy) is 1. The molecule has 0 aliphatic rings. The second kappa shape index (κ2) is 40.7. The molecular weight excluding hydrogens is 1710 g/mol. The monoisotopic (exact) mass is 1790 g/mol. The molecule has 0 aliphatic heterocycles. The number of hydrogen-bond acceptors (Lipinski definition) is 20. The lowest BCUT2D eigenvalue weighted by Crippen LogP contribution is -2.17. The number of hydrogen-bond donors (Lipinski definition) is 7. The minimum Gasteiger partial charge on any atom is -0.406 e. The summed E-state index contributed by atoms with van der Waals surface area (Å²) in [4.78, 5) is 88.3. The van der Waals surface area contributed by atoms with E-state index in [2.05, 4.69) is 103 Å². The van der Waals surface area contributed by atoms with Crippen LogP contribution in [-0.4, -0.2) is 122 Å². The lowest BCUT2D eigenvalue weighted by molar-refractivity contribution is -0.274. The standard InChI is InChI=1S/C24H22N4O.C23H17F3N6O3.C23H17F3N6O2.C20H17N5O4S2/c1-18-10-8-9-15-21(18)23(29)26-24-25-22(17-16-19-11-4-2-5-12-19)27-28(24)20-13-6-3-7-14-20;1-14-5-2-3-7-18(14)20(34)29-22-30-21(28-19(33)15-6-4-12-27-13-15)31-32(22)16-8-10-17(11-9-16)35-23(24,25)26;1-14-4-2-3-5-18(14)20(34)29-22-30-21(28-19(33)15-10-12-27-13-11-15)31-32(22)17-8-6-16(7-9-17)23(24,25)26;26-30(27,17-12-6-2-7-13-17)23-19-21-20(25(22-19)16-10-4-1-5-11-16)24-31(28,29)18-14-8-3-9-15-18/h2-15H,16-17H2,1H3,(H,25,26,27,29);2-13H,1H3,(H2,28,29,30,31,33,34);2-13H,1H3,(H2,28,29,30,31,33,34);1-15H,(H2,21,22,23,24). The van der Waals surface area contributed by atoms with Crippen molar-refractivity contribution in [1.29, 1.82) is 0 Å². The molecule has 0 atom stereocenters. The van der Waals surface area contributed by atoms with Crippen molar-refractivity contribution < 1.29 is 71.9 Å². The highest BCUT2D eigenvalue weighted by Gasteiger charge is 2.33. The molecule has 10 aromatic carbocycles. The molecule has 0 spiro atoms. The average molecular weight is 1790 g/mol. The fourth-order valence-electron chi connectivity index (χ4n) is 12.1. The zero-order valence-electron chi connectivity index (χ0n) is 67.9. The molecule has 5 amide bonds. The number of carbonyl (C=O) groups is 5. The van der Waals surface area contributed by atoms with Crippen LogP contribution in [0.5, 0.6) is 5.75 Å². The highest BCUT2D eigenvalue weighted by atomic mass is 32.2. The van der Waals surface area contributed by atoms with Gasteiger partial charge in [-0.15, -0.1) is 33.6 Å². The molecule has 0 saturated carbocycles. The van der Waals surface area contributed by atoms with Gasteiger partial charge in [-0.25, -0.2) is 26.3 Å². The van der Waals surface area contributed by atoms with Crippen LogP contribution in [0, 0.1) is 20.8 Å². The maximum atomic E-state index is 13.0. The average Bonchev–Trinajstić information content (AvgIpc) is 1.68. The number of anilines is 7. The van der Waals surface area contributed by atoms with E-state index in [0.717, 1.165) is 52.2 Å². The van der Waals surface area contributed by atoms with Gasteiger partial charge in [-0.3, -0.25) is 60.5 Å². The zero-order chi connectivity index (χ0) is 91.2. The Balaban J connectivity index is 0.000000147. The van der Waals surface area contributed by atoms with E-state index in [1.807, 2.05) is 79.7 Å². The molecule has 16 rings (SSSR count). The van der Waals surface area contributed by atoms with Crippen LogP contribution in [-0.2, 0) is 39.1 Å². The number of alkyl halides is 6. The number of carbonyl (C=O) groups excluding carboxylic acids is 5. The number of halogens is 6. The van der Waals surface area contributed by atoms with Crippen LogP contribution in [0.4, 0.5) is 68.0 Å². The predicted octanol–water partition coefficient (Wildman–Crippen LogP) is 16.4. The quantitative estimate of drug-likeness (QED) is 0.0276. The topological polar surface area (TPSA) is 396 Å². The van der Waals surface area contributed by atoms with Gasteiger partial charge >= 0.3 is 12.5 Å². The summed E-state index contributed by atoms with van der Waals surface area (Å²) in [5, 5.41) is 30.4. The van der Waals surface area contributed by atoms with Gasteiger partial charge in [-0.1, -0.05) is 158 Å². The first-order valence-corrected chi connectivity index (χ1v) is 41.7. The minimum atomic E-state index is -4.84. The summed E-state index contributed by atoms with van der Waals surface area (Å²) >= 11 is 0. The Kier molecular flexibility index (Phi) is 28.4. The van der Waals surface area contributed by atoms with Crippen molar-refractivity contribution in [3.8, 4) is 28.5 Å². The molecule has 0 aliphatic carbocycles. The van der Waals surface area contributed by atoms with Crippen LogP contribution in [0.3, 0.4) is 0 Å². The maximum Gasteiger partial charge on any atom is 0.573 e. The summed E-state index contributed by atoms with van der Waals surface area (Å²) in [6.45, 7) is 5.44. The lowest BCUT2D eigenvalue weighted by Gasteiger charge is -2.11. The number of para-hydroxylation sites is 2. The third kappa shape index (κ3) is 24.2. The van der Waals surface area contributed by atoms with E-state index in [1.165, 1.54) is 100 Å². The van der Waals surface area contributed by atoms with Gasteiger partial charge in [0.05, 0.1) is 43.7 Å². The molecule has 16 aromatic rings. The summed E-state index contributed by atoms with van der Waals surface area (Å²) < 4.78 is 141. The number of aryl methyl sites for hydroxylation is 5. The highest BCUT2D eigenvalue weighted by Crippen LogP contribution is 2.32. The molecule has 0 radical (unpaired) electrons. The first-order valence-electron chi connectivity index (χ1n) is 38.7. The third-order valence-corrected chi connectivity index (χ3v) is 21.1. The van der Waals surface area contributed by atoms with Crippen molar-refractivity contribution >= 4 is 91.2 Å². The van der Waals surface area contributed by atoms with E-state index in [4.69, 9.17) is 0 Å². The first kappa shape index (κ1) is 90.0. The van der Waals surface area contributed by atoms with E-state index < -0.39 is 67.5 Å². The van der Waals surface area contributed by atoms with Crippen LogP contribution in [0.15, 0.2) is 332 Å². The molecule has 0 unspecified atom stereocenters. The molecule has 129 heavy (non-hydrogen) atoms. The largest absolute Gasteiger partial charge is 0.573 e. The summed E-state index contributed by atoms with van der Waals surface area (Å²) in [7, 11) is -7.94. The number of benzene rings is 10. The van der Waals surface area contributed by atoms with Crippen LogP contribution < -0.4 is 40.8 Å². The first-order chi connectivity index (χ1) is 62.0. The second-order valence-electron chi connectivity index (χ2n) is 27.5. The van der Waals surface area contributed by atoms with E-state index in [1.54, 1.807) is 146 Å². The van der Waals surface area contributed by atoms with Gasteiger partial charge in [-0.05, 0) is 189 Å². The summed E-state index contributed by atoms with van der Waals surface area (Å²) in [6.07, 6.45) is -2.07. The SMILES string of the molecule is Cc1ccccc1C(=O)Nc1nc(CCc2ccccc2)nn1-c1ccccc1.Cc1ccccc1C(=O)Nc1nc(NC(=O)c2cccnc2)nn1-c1ccc(OC(F)(F)F)cc1.Cc1ccccc1C(=O)Nc1nc(NC(=O)c2ccncc2)nn1-c1ccc(C(F)(F)F)cc1.O=S(=O)(Nc1nc(NS(=O)(=O)c2ccccc2)n(-c2ccccc2)n1)c1ccccc1.